The number of hydrogen-bond donors (Lipinski definition) is 2. The van der Waals surface area contributed by atoms with E-state index in [-0.39, 0.29) is 19.7 Å². The van der Waals surface area contributed by atoms with E-state index in [1.54, 1.807) is 13.8 Å². The summed E-state index contributed by atoms with van der Waals surface area (Å²) in [4.78, 5) is 10.8. The maximum Gasteiger partial charge on any atom is 0.306 e. The summed E-state index contributed by atoms with van der Waals surface area (Å²) in [5, 5.41) is 8.88. The number of rotatable bonds is 6. The quantitative estimate of drug-likeness (QED) is 0.721. The Kier molecular flexibility index (Phi) is 5.31. The second-order valence-corrected chi connectivity index (χ2v) is 7.11. The molecule has 19 heavy (non-hydrogen) atoms. The zero-order valence-electron chi connectivity index (χ0n) is 11.5. The number of nitrogens with zero attached hydrogens (tertiary/aromatic N) is 1. The SMILES string of the molecule is COCC(C)(C)NS(=O)(=O)N1CCC(C(=O)O)CC1. The lowest BCUT2D eigenvalue weighted by atomic mass is 9.99. The van der Waals surface area contributed by atoms with Crippen LogP contribution in [0.15, 0.2) is 0 Å². The van der Waals surface area contributed by atoms with Gasteiger partial charge >= 0.3 is 5.97 Å². The average Bonchev–Trinajstić information content (AvgIpc) is 2.27. The number of carbonyl (C=O) groups is 1. The van der Waals surface area contributed by atoms with Crippen molar-refractivity contribution in [1.29, 1.82) is 0 Å². The first kappa shape index (κ1) is 16.4. The Balaban J connectivity index is 2.63. The van der Waals surface area contributed by atoms with Crippen LogP contribution in [-0.4, -0.2) is 56.1 Å². The lowest BCUT2D eigenvalue weighted by Crippen LogP contribution is -2.54. The van der Waals surface area contributed by atoms with Gasteiger partial charge in [-0.3, -0.25) is 4.79 Å². The predicted octanol–water partition coefficient (Wildman–Crippen LogP) is 0.0424. The van der Waals surface area contributed by atoms with Gasteiger partial charge in [-0.05, 0) is 26.7 Å². The van der Waals surface area contributed by atoms with E-state index in [2.05, 4.69) is 4.72 Å². The number of nitrogens with one attached hydrogen (secondary N) is 1. The van der Waals surface area contributed by atoms with Crippen molar-refractivity contribution in [2.24, 2.45) is 5.92 Å². The molecular formula is C11H22N2O5S. The summed E-state index contributed by atoms with van der Waals surface area (Å²) in [6.45, 7) is 4.19. The van der Waals surface area contributed by atoms with E-state index < -0.39 is 27.6 Å². The van der Waals surface area contributed by atoms with Gasteiger partial charge in [-0.1, -0.05) is 0 Å². The molecule has 1 aliphatic heterocycles. The van der Waals surface area contributed by atoms with Crippen molar-refractivity contribution in [2.75, 3.05) is 26.8 Å². The third-order valence-corrected chi connectivity index (χ3v) is 4.91. The van der Waals surface area contributed by atoms with E-state index in [4.69, 9.17) is 9.84 Å². The van der Waals surface area contributed by atoms with Crippen LogP contribution in [0.25, 0.3) is 0 Å². The summed E-state index contributed by atoms with van der Waals surface area (Å²) >= 11 is 0. The number of hydrogen-bond acceptors (Lipinski definition) is 4. The zero-order chi connectivity index (χ0) is 14.7. The van der Waals surface area contributed by atoms with Crippen molar-refractivity contribution < 1.29 is 23.1 Å². The second-order valence-electron chi connectivity index (χ2n) is 5.44. The molecule has 112 valence electrons. The van der Waals surface area contributed by atoms with Crippen LogP contribution < -0.4 is 4.72 Å². The smallest absolute Gasteiger partial charge is 0.306 e. The highest BCUT2D eigenvalue weighted by Crippen LogP contribution is 2.20. The predicted molar refractivity (Wildman–Crippen MR) is 69.9 cm³/mol. The Labute approximate surface area is 114 Å². The molecule has 0 bridgehead atoms. The van der Waals surface area contributed by atoms with Crippen molar-refractivity contribution in [1.82, 2.24) is 9.03 Å². The minimum absolute atomic E-state index is 0.232. The van der Waals surface area contributed by atoms with Crippen molar-refractivity contribution in [3.05, 3.63) is 0 Å². The minimum Gasteiger partial charge on any atom is -0.481 e. The van der Waals surface area contributed by atoms with Gasteiger partial charge in [0, 0.05) is 20.2 Å². The first-order chi connectivity index (χ1) is 8.68. The number of aliphatic carboxylic acids is 1. The van der Waals surface area contributed by atoms with Crippen LogP contribution in [0.2, 0.25) is 0 Å². The Hall–Kier alpha value is -0.700. The van der Waals surface area contributed by atoms with Crippen molar-refractivity contribution in [3.63, 3.8) is 0 Å². The van der Waals surface area contributed by atoms with Gasteiger partial charge in [-0.2, -0.15) is 17.4 Å². The molecule has 8 heteroatoms. The van der Waals surface area contributed by atoms with Crippen molar-refractivity contribution in [2.45, 2.75) is 32.2 Å². The molecule has 0 aromatic heterocycles. The Morgan fingerprint density at radius 3 is 2.37 bits per heavy atom. The molecule has 0 saturated carbocycles. The third kappa shape index (κ3) is 4.72. The minimum atomic E-state index is -3.60. The van der Waals surface area contributed by atoms with Crippen LogP contribution in [0, 0.1) is 5.92 Å². The molecule has 1 heterocycles. The summed E-state index contributed by atoms with van der Waals surface area (Å²) < 4.78 is 33.2. The molecule has 1 aliphatic rings. The number of methoxy groups -OCH3 is 1. The lowest BCUT2D eigenvalue weighted by Gasteiger charge is -2.33. The van der Waals surface area contributed by atoms with Crippen LogP contribution in [-0.2, 0) is 19.7 Å². The molecule has 0 unspecified atom stereocenters. The number of carboxylic acid groups (broad SMARTS) is 1. The highest BCUT2D eigenvalue weighted by atomic mass is 32.2. The van der Waals surface area contributed by atoms with Gasteiger partial charge in [-0.15, -0.1) is 0 Å². The zero-order valence-corrected chi connectivity index (χ0v) is 12.4. The number of carboxylic acids is 1. The highest BCUT2D eigenvalue weighted by Gasteiger charge is 2.34. The van der Waals surface area contributed by atoms with Gasteiger partial charge in [0.15, 0.2) is 0 Å². The Morgan fingerprint density at radius 1 is 1.42 bits per heavy atom. The molecule has 0 amide bonds. The highest BCUT2D eigenvalue weighted by molar-refractivity contribution is 7.87. The molecule has 1 rings (SSSR count). The summed E-state index contributed by atoms with van der Waals surface area (Å²) in [5.41, 5.74) is -0.697. The molecule has 7 nitrogen and oxygen atoms in total. The maximum absolute atomic E-state index is 12.2. The van der Waals surface area contributed by atoms with Crippen LogP contribution in [0.1, 0.15) is 26.7 Å². The number of piperidine rings is 1. The van der Waals surface area contributed by atoms with Gasteiger partial charge in [-0.25, -0.2) is 0 Å². The van der Waals surface area contributed by atoms with Crippen LogP contribution in [0.3, 0.4) is 0 Å². The Morgan fingerprint density at radius 2 is 1.95 bits per heavy atom. The molecule has 0 radical (unpaired) electrons. The number of ether oxygens (including phenoxy) is 1. The van der Waals surface area contributed by atoms with E-state index >= 15 is 0 Å². The van der Waals surface area contributed by atoms with E-state index in [0.717, 1.165) is 0 Å². The molecule has 0 aromatic carbocycles. The standard InChI is InChI=1S/C11H22N2O5S/c1-11(2,8-18-3)12-19(16,17)13-6-4-9(5-7-13)10(14)15/h9,12H,4-8H2,1-3H3,(H,14,15). The van der Waals surface area contributed by atoms with Gasteiger partial charge in [0.1, 0.15) is 0 Å². The monoisotopic (exact) mass is 294 g/mol. The van der Waals surface area contributed by atoms with E-state index in [1.807, 2.05) is 0 Å². The first-order valence-electron chi connectivity index (χ1n) is 6.19. The molecule has 0 aliphatic carbocycles. The fraction of sp³-hybridized carbons (Fsp3) is 0.909. The van der Waals surface area contributed by atoms with Crippen LogP contribution in [0.5, 0.6) is 0 Å². The average molecular weight is 294 g/mol. The summed E-state index contributed by atoms with van der Waals surface area (Å²) in [6.07, 6.45) is 0.696. The summed E-state index contributed by atoms with van der Waals surface area (Å²) in [6, 6.07) is 0. The van der Waals surface area contributed by atoms with Crippen molar-refractivity contribution >= 4 is 16.2 Å². The normalized spacial score (nSPS) is 19.5. The molecule has 0 spiro atoms. The van der Waals surface area contributed by atoms with Gasteiger partial charge in [0.25, 0.3) is 10.2 Å². The molecular weight excluding hydrogens is 272 g/mol. The van der Waals surface area contributed by atoms with E-state index in [0.29, 0.717) is 12.8 Å². The topological polar surface area (TPSA) is 95.9 Å². The van der Waals surface area contributed by atoms with Gasteiger partial charge in [0.05, 0.1) is 18.1 Å². The molecule has 0 aromatic rings. The maximum atomic E-state index is 12.2. The summed E-state index contributed by atoms with van der Waals surface area (Å²) in [5.74, 6) is -1.30. The fourth-order valence-corrected chi connectivity index (χ4v) is 3.72. The fourth-order valence-electron chi connectivity index (χ4n) is 2.15. The molecule has 1 saturated heterocycles. The van der Waals surface area contributed by atoms with E-state index in [9.17, 15) is 13.2 Å². The molecule has 2 N–H and O–H groups in total. The van der Waals surface area contributed by atoms with E-state index in [1.165, 1.54) is 11.4 Å². The van der Waals surface area contributed by atoms with Crippen LogP contribution >= 0.6 is 0 Å². The van der Waals surface area contributed by atoms with Gasteiger partial charge < -0.3 is 9.84 Å². The summed E-state index contributed by atoms with van der Waals surface area (Å²) in [7, 11) is -2.09. The molecule has 1 fully saturated rings. The first-order valence-corrected chi connectivity index (χ1v) is 7.63. The van der Waals surface area contributed by atoms with Crippen molar-refractivity contribution in [3.8, 4) is 0 Å². The second kappa shape index (κ2) is 6.17. The third-order valence-electron chi connectivity index (χ3n) is 3.05. The van der Waals surface area contributed by atoms with Crippen LogP contribution in [0.4, 0.5) is 0 Å². The molecule has 0 atom stereocenters. The largest absolute Gasteiger partial charge is 0.481 e. The Bertz CT molecular complexity index is 413. The lowest BCUT2D eigenvalue weighted by molar-refractivity contribution is -0.142. The van der Waals surface area contributed by atoms with Gasteiger partial charge in [0.2, 0.25) is 0 Å².